The second-order valence-electron chi connectivity index (χ2n) is 6.16. The van der Waals surface area contributed by atoms with Gasteiger partial charge in [-0.3, -0.25) is 9.59 Å². The van der Waals surface area contributed by atoms with Crippen molar-refractivity contribution in [2.45, 2.75) is 19.8 Å². The topological polar surface area (TPSA) is 58.6 Å². The molecule has 1 heterocycles. The highest BCUT2D eigenvalue weighted by atomic mass is 16.5. The predicted molar refractivity (Wildman–Crippen MR) is 98.5 cm³/mol. The molecule has 0 spiro atoms. The maximum Gasteiger partial charge on any atom is 0.262 e. The van der Waals surface area contributed by atoms with Gasteiger partial charge in [0.15, 0.2) is 12.4 Å². The van der Waals surface area contributed by atoms with Crippen LogP contribution in [0.3, 0.4) is 0 Å². The Kier molecular flexibility index (Phi) is 5.33. The van der Waals surface area contributed by atoms with Crippen LogP contribution in [0.2, 0.25) is 0 Å². The standard InChI is InChI=1S/C20H22N2O3/c1-15(23)16-4-10-19(11-5-16)25-14-20(24)21-17-6-8-18(9-7-17)22-12-2-3-13-22/h4-11H,2-3,12-14H2,1H3,(H,21,24). The van der Waals surface area contributed by atoms with E-state index in [1.54, 1.807) is 24.3 Å². The number of nitrogens with zero attached hydrogens (tertiary/aromatic N) is 1. The van der Waals surface area contributed by atoms with Crippen molar-refractivity contribution >= 4 is 23.1 Å². The second-order valence-corrected chi connectivity index (χ2v) is 6.16. The first-order chi connectivity index (χ1) is 12.1. The number of hydrogen-bond acceptors (Lipinski definition) is 4. The summed E-state index contributed by atoms with van der Waals surface area (Å²) in [5.74, 6) is 0.343. The monoisotopic (exact) mass is 338 g/mol. The summed E-state index contributed by atoms with van der Waals surface area (Å²) >= 11 is 0. The number of hydrogen-bond donors (Lipinski definition) is 1. The van der Waals surface area contributed by atoms with Crippen LogP contribution >= 0.6 is 0 Å². The van der Waals surface area contributed by atoms with Gasteiger partial charge in [0.1, 0.15) is 5.75 Å². The van der Waals surface area contributed by atoms with Crippen LogP contribution in [-0.2, 0) is 4.79 Å². The number of Topliss-reactive ketones (excluding diaryl/α,β-unsaturated/α-hetero) is 1. The number of benzene rings is 2. The Labute approximate surface area is 147 Å². The van der Waals surface area contributed by atoms with Crippen molar-refractivity contribution < 1.29 is 14.3 Å². The van der Waals surface area contributed by atoms with Crippen LogP contribution in [-0.4, -0.2) is 31.4 Å². The molecule has 1 aliphatic rings. The lowest BCUT2D eigenvalue weighted by molar-refractivity contribution is -0.118. The fraction of sp³-hybridized carbons (Fsp3) is 0.300. The number of carbonyl (C=O) groups excluding carboxylic acids is 2. The zero-order valence-electron chi connectivity index (χ0n) is 14.3. The van der Waals surface area contributed by atoms with Crippen LogP contribution in [0.4, 0.5) is 11.4 Å². The molecule has 5 heteroatoms. The van der Waals surface area contributed by atoms with Crippen molar-refractivity contribution in [1.29, 1.82) is 0 Å². The van der Waals surface area contributed by atoms with Gasteiger partial charge in [0.05, 0.1) is 0 Å². The summed E-state index contributed by atoms with van der Waals surface area (Å²) in [4.78, 5) is 25.6. The summed E-state index contributed by atoms with van der Waals surface area (Å²) < 4.78 is 5.45. The second kappa shape index (κ2) is 7.83. The number of rotatable bonds is 6. The van der Waals surface area contributed by atoms with Crippen LogP contribution < -0.4 is 15.0 Å². The maximum absolute atomic E-state index is 12.0. The number of ether oxygens (including phenoxy) is 1. The van der Waals surface area contributed by atoms with Crippen molar-refractivity contribution in [2.24, 2.45) is 0 Å². The molecular formula is C20H22N2O3. The molecule has 2 aromatic carbocycles. The highest BCUT2D eigenvalue weighted by Gasteiger charge is 2.12. The van der Waals surface area contributed by atoms with Crippen molar-refractivity contribution in [3.63, 3.8) is 0 Å². The van der Waals surface area contributed by atoms with Crippen molar-refractivity contribution in [3.8, 4) is 5.75 Å². The predicted octanol–water partition coefficient (Wildman–Crippen LogP) is 3.51. The first kappa shape index (κ1) is 17.0. The lowest BCUT2D eigenvalue weighted by atomic mass is 10.1. The lowest BCUT2D eigenvalue weighted by Gasteiger charge is -2.17. The summed E-state index contributed by atoms with van der Waals surface area (Å²) in [6, 6.07) is 14.6. The maximum atomic E-state index is 12.0. The van der Waals surface area contributed by atoms with E-state index in [1.807, 2.05) is 24.3 Å². The molecule has 0 unspecified atom stereocenters. The largest absolute Gasteiger partial charge is 0.484 e. The van der Waals surface area contributed by atoms with E-state index in [1.165, 1.54) is 25.5 Å². The van der Waals surface area contributed by atoms with Gasteiger partial charge in [-0.05, 0) is 68.3 Å². The van der Waals surface area contributed by atoms with E-state index >= 15 is 0 Å². The van der Waals surface area contributed by atoms with Crippen molar-refractivity contribution in [3.05, 3.63) is 54.1 Å². The molecule has 1 saturated heterocycles. The molecule has 2 aromatic rings. The van der Waals surface area contributed by atoms with Crippen LogP contribution in [0.5, 0.6) is 5.75 Å². The average Bonchev–Trinajstić information content (AvgIpc) is 3.15. The molecule has 1 amide bonds. The summed E-state index contributed by atoms with van der Waals surface area (Å²) in [5.41, 5.74) is 2.57. The molecule has 0 aliphatic carbocycles. The van der Waals surface area contributed by atoms with Gasteiger partial charge in [-0.15, -0.1) is 0 Å². The summed E-state index contributed by atoms with van der Waals surface area (Å²) in [7, 11) is 0. The molecule has 1 fully saturated rings. The minimum atomic E-state index is -0.218. The molecule has 0 saturated carbocycles. The van der Waals surface area contributed by atoms with Gasteiger partial charge in [0, 0.05) is 30.0 Å². The minimum absolute atomic E-state index is 0.00155. The molecule has 25 heavy (non-hydrogen) atoms. The van der Waals surface area contributed by atoms with E-state index in [4.69, 9.17) is 4.74 Å². The zero-order chi connectivity index (χ0) is 17.6. The van der Waals surface area contributed by atoms with Crippen molar-refractivity contribution in [1.82, 2.24) is 0 Å². The van der Waals surface area contributed by atoms with E-state index < -0.39 is 0 Å². The number of carbonyl (C=O) groups is 2. The summed E-state index contributed by atoms with van der Waals surface area (Å²) in [6.45, 7) is 3.63. The molecule has 1 N–H and O–H groups in total. The summed E-state index contributed by atoms with van der Waals surface area (Å²) in [5, 5.41) is 2.82. The van der Waals surface area contributed by atoms with Gasteiger partial charge in [-0.2, -0.15) is 0 Å². The SMILES string of the molecule is CC(=O)c1ccc(OCC(=O)Nc2ccc(N3CCCC3)cc2)cc1. The Morgan fingerprint density at radius 1 is 1.00 bits per heavy atom. The van der Waals surface area contributed by atoms with Gasteiger partial charge in [0.2, 0.25) is 0 Å². The minimum Gasteiger partial charge on any atom is -0.484 e. The average molecular weight is 338 g/mol. The quantitative estimate of drug-likeness (QED) is 0.819. The van der Waals surface area contributed by atoms with Crippen molar-refractivity contribution in [2.75, 3.05) is 29.9 Å². The Balaban J connectivity index is 1.49. The fourth-order valence-corrected chi connectivity index (χ4v) is 2.86. The third-order valence-electron chi connectivity index (χ3n) is 4.25. The molecular weight excluding hydrogens is 316 g/mol. The van der Waals surface area contributed by atoms with E-state index in [0.717, 1.165) is 18.8 Å². The number of nitrogens with one attached hydrogen (secondary N) is 1. The molecule has 0 bridgehead atoms. The van der Waals surface area contributed by atoms with E-state index in [0.29, 0.717) is 11.3 Å². The molecule has 3 rings (SSSR count). The first-order valence-electron chi connectivity index (χ1n) is 8.50. The van der Waals surface area contributed by atoms with Gasteiger partial charge >= 0.3 is 0 Å². The Morgan fingerprint density at radius 2 is 1.64 bits per heavy atom. The van der Waals surface area contributed by atoms with Gasteiger partial charge in [0.25, 0.3) is 5.91 Å². The number of ketones is 1. The Morgan fingerprint density at radius 3 is 2.24 bits per heavy atom. The number of anilines is 2. The third kappa shape index (κ3) is 4.59. The molecule has 0 aromatic heterocycles. The third-order valence-corrected chi connectivity index (χ3v) is 4.25. The molecule has 1 aliphatic heterocycles. The van der Waals surface area contributed by atoms with E-state index in [-0.39, 0.29) is 18.3 Å². The molecule has 5 nitrogen and oxygen atoms in total. The number of amides is 1. The van der Waals surface area contributed by atoms with Gasteiger partial charge in [-0.1, -0.05) is 0 Å². The van der Waals surface area contributed by atoms with Crippen LogP contribution in [0, 0.1) is 0 Å². The fourth-order valence-electron chi connectivity index (χ4n) is 2.86. The lowest BCUT2D eigenvalue weighted by Crippen LogP contribution is -2.20. The zero-order valence-corrected chi connectivity index (χ0v) is 14.3. The molecule has 130 valence electrons. The highest BCUT2D eigenvalue weighted by molar-refractivity contribution is 5.94. The van der Waals surface area contributed by atoms with Crippen LogP contribution in [0.1, 0.15) is 30.1 Å². The van der Waals surface area contributed by atoms with E-state index in [2.05, 4.69) is 10.2 Å². The van der Waals surface area contributed by atoms with E-state index in [9.17, 15) is 9.59 Å². The molecule has 0 radical (unpaired) electrons. The molecule has 0 atom stereocenters. The highest BCUT2D eigenvalue weighted by Crippen LogP contribution is 2.22. The first-order valence-corrected chi connectivity index (χ1v) is 8.50. The summed E-state index contributed by atoms with van der Waals surface area (Å²) in [6.07, 6.45) is 2.48. The van der Waals surface area contributed by atoms with Crippen LogP contribution in [0.15, 0.2) is 48.5 Å². The smallest absolute Gasteiger partial charge is 0.262 e. The van der Waals surface area contributed by atoms with Crippen LogP contribution in [0.25, 0.3) is 0 Å². The normalized spacial score (nSPS) is 13.6. The van der Waals surface area contributed by atoms with Gasteiger partial charge in [-0.25, -0.2) is 0 Å². The Hall–Kier alpha value is -2.82. The Bertz CT molecular complexity index is 733. The van der Waals surface area contributed by atoms with Gasteiger partial charge < -0.3 is 15.0 Å².